The molecule has 0 saturated carbocycles. The maximum absolute atomic E-state index is 13.3. The average Bonchev–Trinajstić information content (AvgIpc) is 2.83. The Balaban J connectivity index is 1.94. The Hall–Kier alpha value is -3.57. The van der Waals surface area contributed by atoms with Gasteiger partial charge in [-0.2, -0.15) is 18.3 Å². The lowest BCUT2D eigenvalue weighted by molar-refractivity contribution is -0.137. The van der Waals surface area contributed by atoms with E-state index in [0.717, 1.165) is 12.1 Å². The van der Waals surface area contributed by atoms with Gasteiger partial charge < -0.3 is 4.74 Å². The van der Waals surface area contributed by atoms with E-state index in [4.69, 9.17) is 16.3 Å². The first-order valence-corrected chi connectivity index (χ1v) is 11.7. The summed E-state index contributed by atoms with van der Waals surface area (Å²) >= 11 is 6.08. The molecular weight excluding hydrogens is 507 g/mol. The second kappa shape index (κ2) is 10.8. The van der Waals surface area contributed by atoms with Gasteiger partial charge in [0.05, 0.1) is 34.5 Å². The summed E-state index contributed by atoms with van der Waals surface area (Å²) in [5.41, 5.74) is 1.13. The number of carbonyl (C=O) groups is 1. The molecule has 12 heteroatoms. The monoisotopic (exact) mass is 525 g/mol. The molecule has 35 heavy (non-hydrogen) atoms. The second-order valence-corrected chi connectivity index (χ2v) is 9.33. The van der Waals surface area contributed by atoms with Crippen molar-refractivity contribution in [2.75, 3.05) is 18.0 Å². The Kier molecular flexibility index (Phi) is 8.03. The summed E-state index contributed by atoms with van der Waals surface area (Å²) in [5.74, 6) is -0.350. The molecule has 0 fully saturated rings. The predicted molar refractivity (Wildman–Crippen MR) is 126 cm³/mol. The first-order valence-electron chi connectivity index (χ1n) is 9.93. The van der Waals surface area contributed by atoms with E-state index in [1.165, 1.54) is 37.6 Å². The molecule has 0 bridgehead atoms. The molecule has 0 heterocycles. The van der Waals surface area contributed by atoms with Gasteiger partial charge in [0.25, 0.3) is 15.9 Å². The molecule has 0 unspecified atom stereocenters. The molecule has 0 aliphatic carbocycles. The van der Waals surface area contributed by atoms with Crippen LogP contribution in [0.1, 0.15) is 11.1 Å². The number of hydrogen-bond acceptors (Lipinski definition) is 5. The smallest absolute Gasteiger partial charge is 0.416 e. The molecule has 3 aromatic rings. The fourth-order valence-electron chi connectivity index (χ4n) is 2.97. The number of nitrogens with one attached hydrogen (secondary N) is 1. The van der Waals surface area contributed by atoms with Gasteiger partial charge in [-0.15, -0.1) is 0 Å². The van der Waals surface area contributed by atoms with Gasteiger partial charge in [0.1, 0.15) is 12.3 Å². The number of amides is 1. The highest BCUT2D eigenvalue weighted by molar-refractivity contribution is 7.92. The highest BCUT2D eigenvalue weighted by atomic mass is 35.5. The minimum Gasteiger partial charge on any atom is -0.497 e. The zero-order valence-electron chi connectivity index (χ0n) is 18.2. The Morgan fingerprint density at radius 2 is 1.80 bits per heavy atom. The third-order valence-electron chi connectivity index (χ3n) is 4.66. The fourth-order valence-corrected chi connectivity index (χ4v) is 4.69. The maximum atomic E-state index is 13.3. The molecular formula is C23H19ClF3N3O4S. The van der Waals surface area contributed by atoms with Crippen molar-refractivity contribution in [1.29, 1.82) is 0 Å². The van der Waals surface area contributed by atoms with E-state index < -0.39 is 39.9 Å². The zero-order valence-corrected chi connectivity index (χ0v) is 19.7. The average molecular weight is 526 g/mol. The normalized spacial score (nSPS) is 11.9. The van der Waals surface area contributed by atoms with E-state index in [-0.39, 0.29) is 9.92 Å². The number of rotatable bonds is 8. The van der Waals surface area contributed by atoms with Gasteiger partial charge in [0.15, 0.2) is 0 Å². The molecule has 3 rings (SSSR count). The molecule has 0 aromatic heterocycles. The van der Waals surface area contributed by atoms with Gasteiger partial charge in [0.2, 0.25) is 0 Å². The van der Waals surface area contributed by atoms with Crippen molar-refractivity contribution in [3.8, 4) is 5.75 Å². The van der Waals surface area contributed by atoms with Crippen LogP contribution in [0.2, 0.25) is 5.02 Å². The summed E-state index contributed by atoms with van der Waals surface area (Å²) in [4.78, 5) is 12.4. The van der Waals surface area contributed by atoms with E-state index >= 15 is 0 Å². The number of carbonyl (C=O) groups excluding carboxylic acids is 1. The third kappa shape index (κ3) is 6.52. The zero-order chi connectivity index (χ0) is 25.6. The van der Waals surface area contributed by atoms with Crippen molar-refractivity contribution < 1.29 is 31.1 Å². The summed E-state index contributed by atoms with van der Waals surface area (Å²) < 4.78 is 72.1. The van der Waals surface area contributed by atoms with Gasteiger partial charge in [-0.25, -0.2) is 13.8 Å². The lowest BCUT2D eigenvalue weighted by Gasteiger charge is -2.25. The van der Waals surface area contributed by atoms with Crippen LogP contribution >= 0.6 is 11.6 Å². The summed E-state index contributed by atoms with van der Waals surface area (Å²) in [5, 5.41) is 3.50. The number of benzene rings is 3. The summed E-state index contributed by atoms with van der Waals surface area (Å²) in [7, 11) is -2.98. The van der Waals surface area contributed by atoms with Crippen LogP contribution in [0.25, 0.3) is 0 Å². The van der Waals surface area contributed by atoms with Crippen LogP contribution in [0.4, 0.5) is 18.9 Å². The predicted octanol–water partition coefficient (Wildman–Crippen LogP) is 4.71. The minimum atomic E-state index is -4.76. The molecule has 0 spiro atoms. The van der Waals surface area contributed by atoms with Crippen LogP contribution in [0, 0.1) is 0 Å². The summed E-state index contributed by atoms with van der Waals surface area (Å²) in [6, 6.07) is 15.9. The van der Waals surface area contributed by atoms with Crippen LogP contribution in [-0.4, -0.2) is 34.2 Å². The SMILES string of the molecule is COc1cccc(/C=N/NC(=O)CN(c2cc(C(F)(F)F)ccc2Cl)S(=O)(=O)c2ccccc2)c1. The van der Waals surface area contributed by atoms with Crippen molar-refractivity contribution >= 4 is 39.4 Å². The van der Waals surface area contributed by atoms with Crippen LogP contribution in [0.5, 0.6) is 5.75 Å². The molecule has 184 valence electrons. The number of ether oxygens (including phenoxy) is 1. The van der Waals surface area contributed by atoms with E-state index in [1.54, 1.807) is 30.3 Å². The van der Waals surface area contributed by atoms with Gasteiger partial charge in [-0.05, 0) is 48.0 Å². The van der Waals surface area contributed by atoms with Crippen LogP contribution in [-0.2, 0) is 21.0 Å². The topological polar surface area (TPSA) is 88.1 Å². The van der Waals surface area contributed by atoms with Gasteiger partial charge in [0, 0.05) is 0 Å². The first kappa shape index (κ1) is 26.0. The van der Waals surface area contributed by atoms with Gasteiger partial charge in [-0.1, -0.05) is 41.9 Å². The Morgan fingerprint density at radius 1 is 1.09 bits per heavy atom. The lowest BCUT2D eigenvalue weighted by atomic mass is 10.2. The number of alkyl halides is 3. The lowest BCUT2D eigenvalue weighted by Crippen LogP contribution is -2.40. The van der Waals surface area contributed by atoms with E-state index in [0.29, 0.717) is 21.7 Å². The number of hydrogen-bond donors (Lipinski definition) is 1. The fraction of sp³-hybridized carbons (Fsp3) is 0.130. The van der Waals surface area contributed by atoms with Crippen molar-refractivity contribution in [1.82, 2.24) is 5.43 Å². The van der Waals surface area contributed by atoms with Crippen LogP contribution < -0.4 is 14.5 Å². The second-order valence-electron chi connectivity index (χ2n) is 7.06. The van der Waals surface area contributed by atoms with Crippen LogP contribution in [0.15, 0.2) is 82.8 Å². The van der Waals surface area contributed by atoms with Crippen molar-refractivity contribution in [2.24, 2.45) is 5.10 Å². The van der Waals surface area contributed by atoms with Crippen molar-refractivity contribution in [2.45, 2.75) is 11.1 Å². The minimum absolute atomic E-state index is 0.235. The Morgan fingerprint density at radius 3 is 2.46 bits per heavy atom. The Bertz CT molecular complexity index is 1330. The van der Waals surface area contributed by atoms with Crippen LogP contribution in [0.3, 0.4) is 0 Å². The standard InChI is InChI=1S/C23H19ClF3N3O4S/c1-34-18-7-5-6-16(12-18)14-28-29-22(31)15-30(35(32,33)19-8-3-2-4-9-19)21-13-17(23(25,26)27)10-11-20(21)24/h2-14H,15H2,1H3,(H,29,31)/b28-14+. The summed E-state index contributed by atoms with van der Waals surface area (Å²) in [6.45, 7) is -0.881. The highest BCUT2D eigenvalue weighted by Gasteiger charge is 2.34. The molecule has 7 nitrogen and oxygen atoms in total. The molecule has 0 saturated heterocycles. The molecule has 1 amide bonds. The number of hydrazone groups is 1. The molecule has 0 atom stereocenters. The number of nitrogens with zero attached hydrogens (tertiary/aromatic N) is 2. The van der Waals surface area contributed by atoms with E-state index in [2.05, 4.69) is 10.5 Å². The highest BCUT2D eigenvalue weighted by Crippen LogP contribution is 2.37. The summed E-state index contributed by atoms with van der Waals surface area (Å²) in [6.07, 6.45) is -3.46. The van der Waals surface area contributed by atoms with Crippen molar-refractivity contribution in [3.05, 3.63) is 88.9 Å². The van der Waals surface area contributed by atoms with Crippen molar-refractivity contribution in [3.63, 3.8) is 0 Å². The van der Waals surface area contributed by atoms with Gasteiger partial charge in [-0.3, -0.25) is 9.10 Å². The number of anilines is 1. The van der Waals surface area contributed by atoms with E-state index in [1.807, 2.05) is 0 Å². The number of halogens is 4. The molecule has 0 radical (unpaired) electrons. The first-order chi connectivity index (χ1) is 16.5. The number of methoxy groups -OCH3 is 1. The Labute approximate surface area is 204 Å². The third-order valence-corrected chi connectivity index (χ3v) is 6.75. The molecule has 1 N–H and O–H groups in total. The molecule has 0 aliphatic rings. The molecule has 0 aliphatic heterocycles. The quantitative estimate of drug-likeness (QED) is 0.341. The maximum Gasteiger partial charge on any atom is 0.416 e. The number of sulfonamides is 1. The molecule has 3 aromatic carbocycles. The largest absolute Gasteiger partial charge is 0.497 e. The van der Waals surface area contributed by atoms with Gasteiger partial charge >= 0.3 is 6.18 Å². The van der Waals surface area contributed by atoms with E-state index in [9.17, 15) is 26.4 Å².